The lowest BCUT2D eigenvalue weighted by molar-refractivity contribution is 0.0745. The summed E-state index contributed by atoms with van der Waals surface area (Å²) in [6.45, 7) is 4.41. The van der Waals surface area contributed by atoms with Crippen LogP contribution >= 0.6 is 11.8 Å². The predicted molar refractivity (Wildman–Crippen MR) is 115 cm³/mol. The summed E-state index contributed by atoms with van der Waals surface area (Å²) in [5.41, 5.74) is 2.42. The van der Waals surface area contributed by atoms with E-state index in [1.165, 1.54) is 0 Å². The number of Topliss-reactive ketones (excluding diaryl/α,β-unsaturated/α-hetero) is 1. The van der Waals surface area contributed by atoms with Crippen molar-refractivity contribution in [3.63, 3.8) is 0 Å². The van der Waals surface area contributed by atoms with E-state index in [-0.39, 0.29) is 17.8 Å². The Bertz CT molecular complexity index is 873. The molecule has 2 aliphatic rings. The first-order chi connectivity index (χ1) is 14.1. The number of amides is 1. The summed E-state index contributed by atoms with van der Waals surface area (Å²) in [7, 11) is 0. The second kappa shape index (κ2) is 8.86. The highest BCUT2D eigenvalue weighted by Crippen LogP contribution is 2.23. The monoisotopic (exact) mass is 411 g/mol. The van der Waals surface area contributed by atoms with Crippen LogP contribution in [0.5, 0.6) is 5.88 Å². The van der Waals surface area contributed by atoms with E-state index in [2.05, 4.69) is 9.88 Å². The average molecular weight is 412 g/mol. The molecule has 7 heteroatoms. The summed E-state index contributed by atoms with van der Waals surface area (Å²) < 4.78 is 5.92. The van der Waals surface area contributed by atoms with E-state index in [0.717, 1.165) is 42.3 Å². The van der Waals surface area contributed by atoms with Gasteiger partial charge in [-0.15, -0.1) is 0 Å². The zero-order chi connectivity index (χ0) is 20.2. The van der Waals surface area contributed by atoms with E-state index in [9.17, 15) is 9.59 Å². The third-order valence-electron chi connectivity index (χ3n) is 5.36. The first kappa shape index (κ1) is 19.8. The molecule has 2 saturated heterocycles. The van der Waals surface area contributed by atoms with Gasteiger partial charge in [-0.1, -0.05) is 0 Å². The van der Waals surface area contributed by atoms with Gasteiger partial charge >= 0.3 is 0 Å². The highest BCUT2D eigenvalue weighted by atomic mass is 32.2. The van der Waals surface area contributed by atoms with Crippen molar-refractivity contribution in [3.05, 3.63) is 53.7 Å². The van der Waals surface area contributed by atoms with Gasteiger partial charge in [0.15, 0.2) is 5.78 Å². The molecule has 2 aliphatic heterocycles. The second-order valence-corrected chi connectivity index (χ2v) is 8.52. The lowest BCUT2D eigenvalue weighted by Crippen LogP contribution is -2.48. The molecule has 0 saturated carbocycles. The fourth-order valence-electron chi connectivity index (χ4n) is 3.64. The molecule has 3 heterocycles. The molecule has 1 atom stereocenters. The number of ketones is 1. The maximum atomic E-state index is 12.9. The Morgan fingerprint density at radius 3 is 2.48 bits per heavy atom. The van der Waals surface area contributed by atoms with Crippen LogP contribution in [0.1, 0.15) is 34.1 Å². The van der Waals surface area contributed by atoms with E-state index in [1.54, 1.807) is 25.3 Å². The van der Waals surface area contributed by atoms with Crippen molar-refractivity contribution < 1.29 is 14.3 Å². The molecule has 0 unspecified atom stereocenters. The molecule has 1 aromatic carbocycles. The maximum Gasteiger partial charge on any atom is 0.254 e. The fourth-order valence-corrected chi connectivity index (χ4v) is 4.73. The van der Waals surface area contributed by atoms with Gasteiger partial charge in [-0.2, -0.15) is 11.8 Å². The van der Waals surface area contributed by atoms with Gasteiger partial charge in [0, 0.05) is 61.0 Å². The number of rotatable bonds is 5. The van der Waals surface area contributed by atoms with E-state index in [1.807, 2.05) is 40.9 Å². The predicted octanol–water partition coefficient (Wildman–Crippen LogP) is 3.13. The minimum Gasteiger partial charge on any atom is -0.473 e. The molecule has 0 N–H and O–H groups in total. The number of hydrogen-bond donors (Lipinski definition) is 0. The van der Waals surface area contributed by atoms with Gasteiger partial charge in [-0.25, -0.2) is 4.98 Å². The number of piperazine rings is 1. The minimum absolute atomic E-state index is 0.0182. The Labute approximate surface area is 175 Å². The number of ether oxygens (including phenoxy) is 1. The molecule has 1 amide bonds. The summed E-state index contributed by atoms with van der Waals surface area (Å²) in [5, 5.41) is 0. The number of carbonyl (C=O) groups is 2. The zero-order valence-electron chi connectivity index (χ0n) is 16.5. The molecule has 0 radical (unpaired) electrons. The average Bonchev–Trinajstić information content (AvgIpc) is 3.26. The summed E-state index contributed by atoms with van der Waals surface area (Å²) >= 11 is 1.89. The third kappa shape index (κ3) is 4.72. The molecule has 2 fully saturated rings. The fraction of sp³-hybridized carbons (Fsp3) is 0.409. The third-order valence-corrected chi connectivity index (χ3v) is 6.49. The molecule has 0 bridgehead atoms. The topological polar surface area (TPSA) is 62.7 Å². The van der Waals surface area contributed by atoms with Crippen LogP contribution < -0.4 is 9.64 Å². The molecule has 0 aliphatic carbocycles. The Kier molecular flexibility index (Phi) is 6.04. The van der Waals surface area contributed by atoms with Gasteiger partial charge in [0.2, 0.25) is 5.88 Å². The summed E-state index contributed by atoms with van der Waals surface area (Å²) in [5.74, 6) is 2.72. The van der Waals surface area contributed by atoms with Gasteiger partial charge in [0.1, 0.15) is 6.10 Å². The van der Waals surface area contributed by atoms with Gasteiger partial charge in [0.05, 0.1) is 0 Å². The van der Waals surface area contributed by atoms with Crippen molar-refractivity contribution in [2.75, 3.05) is 42.6 Å². The lowest BCUT2D eigenvalue weighted by atomic mass is 10.1. The molecular formula is C22H25N3O3S. The molecule has 0 spiro atoms. The van der Waals surface area contributed by atoms with E-state index < -0.39 is 0 Å². The van der Waals surface area contributed by atoms with Crippen LogP contribution in [0.25, 0.3) is 0 Å². The lowest BCUT2D eigenvalue weighted by Gasteiger charge is -2.36. The molecule has 29 heavy (non-hydrogen) atoms. The number of pyridine rings is 1. The number of benzene rings is 1. The number of aromatic nitrogens is 1. The second-order valence-electron chi connectivity index (χ2n) is 7.37. The number of anilines is 1. The van der Waals surface area contributed by atoms with Gasteiger partial charge in [-0.05, 0) is 49.4 Å². The Morgan fingerprint density at radius 1 is 1.07 bits per heavy atom. The molecular weight excluding hydrogens is 386 g/mol. The van der Waals surface area contributed by atoms with E-state index >= 15 is 0 Å². The standard InChI is InChI=1S/C22H25N3O3S/c1-16(26)17-2-4-19(5-3-17)24-9-11-25(12-10-24)22(27)18-6-8-23-21(14-18)28-20-7-13-29-15-20/h2-6,8,14,20H,7,9-13,15H2,1H3/t20-/m0/s1. The maximum absolute atomic E-state index is 12.9. The highest BCUT2D eigenvalue weighted by molar-refractivity contribution is 7.99. The van der Waals surface area contributed by atoms with Crippen LogP contribution in [0.2, 0.25) is 0 Å². The first-order valence-corrected chi connectivity index (χ1v) is 11.1. The van der Waals surface area contributed by atoms with Gasteiger partial charge in [-0.3, -0.25) is 9.59 Å². The van der Waals surface area contributed by atoms with Crippen molar-refractivity contribution in [1.82, 2.24) is 9.88 Å². The zero-order valence-corrected chi connectivity index (χ0v) is 17.4. The molecule has 1 aromatic heterocycles. The van der Waals surface area contributed by atoms with Crippen LogP contribution in [0.4, 0.5) is 5.69 Å². The van der Waals surface area contributed by atoms with Crippen LogP contribution in [0.15, 0.2) is 42.6 Å². The van der Waals surface area contributed by atoms with E-state index in [0.29, 0.717) is 24.5 Å². The number of hydrogen-bond acceptors (Lipinski definition) is 6. The Morgan fingerprint density at radius 2 is 1.83 bits per heavy atom. The normalized spacial score (nSPS) is 19.3. The van der Waals surface area contributed by atoms with Crippen LogP contribution in [-0.4, -0.2) is 65.4 Å². The molecule has 6 nitrogen and oxygen atoms in total. The van der Waals surface area contributed by atoms with Crippen molar-refractivity contribution in [2.45, 2.75) is 19.4 Å². The summed E-state index contributed by atoms with van der Waals surface area (Å²) in [4.78, 5) is 32.8. The van der Waals surface area contributed by atoms with Gasteiger partial charge < -0.3 is 14.5 Å². The molecule has 152 valence electrons. The van der Waals surface area contributed by atoms with Crippen molar-refractivity contribution in [3.8, 4) is 5.88 Å². The van der Waals surface area contributed by atoms with Gasteiger partial charge in [0.25, 0.3) is 5.91 Å². The first-order valence-electron chi connectivity index (χ1n) is 9.96. The van der Waals surface area contributed by atoms with Crippen LogP contribution in [0, 0.1) is 0 Å². The molecule has 2 aromatic rings. The summed E-state index contributed by atoms with van der Waals surface area (Å²) in [6.07, 6.45) is 2.87. The summed E-state index contributed by atoms with van der Waals surface area (Å²) in [6, 6.07) is 11.2. The van der Waals surface area contributed by atoms with Crippen molar-refractivity contribution in [2.24, 2.45) is 0 Å². The van der Waals surface area contributed by atoms with E-state index in [4.69, 9.17) is 4.74 Å². The number of thioether (sulfide) groups is 1. The smallest absolute Gasteiger partial charge is 0.254 e. The van der Waals surface area contributed by atoms with Crippen molar-refractivity contribution >= 4 is 29.1 Å². The highest BCUT2D eigenvalue weighted by Gasteiger charge is 2.24. The Balaban J connectivity index is 1.35. The Hall–Kier alpha value is -2.54. The SMILES string of the molecule is CC(=O)c1ccc(N2CCN(C(=O)c3ccnc(O[C@H]4CCSC4)c3)CC2)cc1. The largest absolute Gasteiger partial charge is 0.473 e. The quantitative estimate of drug-likeness (QED) is 0.705. The minimum atomic E-state index is 0.0182. The van der Waals surface area contributed by atoms with Crippen LogP contribution in [-0.2, 0) is 0 Å². The number of carbonyl (C=O) groups excluding carboxylic acids is 2. The van der Waals surface area contributed by atoms with Crippen molar-refractivity contribution in [1.29, 1.82) is 0 Å². The number of nitrogens with zero attached hydrogens (tertiary/aromatic N) is 3. The molecule has 4 rings (SSSR count). The van der Waals surface area contributed by atoms with Crippen LogP contribution in [0.3, 0.4) is 0 Å².